The number of aliphatic carboxylic acids is 1. The topological polar surface area (TPSA) is 92.9 Å². The molecule has 2 fully saturated rings. The van der Waals surface area contributed by atoms with E-state index in [0.717, 1.165) is 0 Å². The molecule has 0 bridgehead atoms. The Kier molecular flexibility index (Phi) is 4.31. The number of likely N-dealkylation sites (tertiary alicyclic amines) is 1. The Morgan fingerprint density at radius 1 is 1.43 bits per heavy atom. The molecule has 2 unspecified atom stereocenters. The van der Waals surface area contributed by atoms with Crippen LogP contribution in [0.25, 0.3) is 0 Å². The number of nitrogens with zero attached hydrogens (tertiary/aromatic N) is 1. The van der Waals surface area contributed by atoms with Crippen LogP contribution in [0.4, 0.5) is 0 Å². The van der Waals surface area contributed by atoms with Crippen LogP contribution in [0, 0.1) is 11.3 Å². The number of rotatable bonds is 4. The second kappa shape index (κ2) is 5.57. The van der Waals surface area contributed by atoms with Crippen LogP contribution in [0.2, 0.25) is 0 Å². The number of hydrogen-bond donors (Lipinski definition) is 2. The maximum absolute atomic E-state index is 12.8. The van der Waals surface area contributed by atoms with Gasteiger partial charge in [0.2, 0.25) is 5.91 Å². The molecule has 0 aromatic carbocycles. The average molecular weight is 298 g/mol. The molecule has 0 aromatic heterocycles. The molecule has 1 saturated heterocycles. The Labute approximate surface area is 125 Å². The van der Waals surface area contributed by atoms with E-state index in [1.165, 1.54) is 0 Å². The molecular formula is C15H26N2O4. The van der Waals surface area contributed by atoms with Gasteiger partial charge in [-0.15, -0.1) is 0 Å². The quantitative estimate of drug-likeness (QED) is 0.802. The van der Waals surface area contributed by atoms with Gasteiger partial charge in [0.1, 0.15) is 5.54 Å². The lowest BCUT2D eigenvalue weighted by molar-refractivity contribution is -0.181. The van der Waals surface area contributed by atoms with Gasteiger partial charge < -0.3 is 20.5 Å². The highest BCUT2D eigenvalue weighted by molar-refractivity contribution is 5.89. The van der Waals surface area contributed by atoms with Crippen molar-refractivity contribution in [2.75, 3.05) is 19.7 Å². The van der Waals surface area contributed by atoms with Crippen LogP contribution in [0.5, 0.6) is 0 Å². The number of piperidine rings is 1. The number of carboxylic acids is 1. The Bertz CT molecular complexity index is 437. The van der Waals surface area contributed by atoms with Crippen molar-refractivity contribution in [2.24, 2.45) is 17.1 Å². The summed E-state index contributed by atoms with van der Waals surface area (Å²) in [4.78, 5) is 25.6. The molecule has 0 radical (unpaired) electrons. The first-order valence-corrected chi connectivity index (χ1v) is 7.66. The van der Waals surface area contributed by atoms with E-state index in [-0.39, 0.29) is 18.6 Å². The van der Waals surface area contributed by atoms with E-state index >= 15 is 0 Å². The zero-order valence-electron chi connectivity index (χ0n) is 13.1. The highest BCUT2D eigenvalue weighted by Gasteiger charge is 2.63. The van der Waals surface area contributed by atoms with E-state index < -0.39 is 22.8 Å². The van der Waals surface area contributed by atoms with Gasteiger partial charge in [-0.25, -0.2) is 0 Å². The van der Waals surface area contributed by atoms with E-state index in [2.05, 4.69) is 0 Å². The van der Waals surface area contributed by atoms with Gasteiger partial charge in [-0.1, -0.05) is 13.8 Å². The number of ether oxygens (including phenoxy) is 1. The molecule has 0 aromatic rings. The molecule has 3 atom stereocenters. The molecule has 120 valence electrons. The Balaban J connectivity index is 2.08. The van der Waals surface area contributed by atoms with Crippen molar-refractivity contribution in [3.05, 3.63) is 0 Å². The molecule has 0 spiro atoms. The highest BCUT2D eigenvalue weighted by atomic mass is 16.5. The van der Waals surface area contributed by atoms with Gasteiger partial charge in [-0.3, -0.25) is 9.59 Å². The van der Waals surface area contributed by atoms with Crippen molar-refractivity contribution in [3.63, 3.8) is 0 Å². The molecule has 1 aliphatic carbocycles. The van der Waals surface area contributed by atoms with E-state index in [4.69, 9.17) is 15.6 Å². The maximum Gasteiger partial charge on any atom is 0.308 e. The first-order valence-electron chi connectivity index (χ1n) is 7.66. The molecule has 1 heterocycles. The molecule has 2 rings (SSSR count). The SMILES string of the molecule is CCOC1CC(N)(C(=O)N2CCC[C@H](C(=O)O)C2)C1(C)C. The van der Waals surface area contributed by atoms with Gasteiger partial charge in [0.05, 0.1) is 12.0 Å². The number of amides is 1. The maximum atomic E-state index is 12.8. The fourth-order valence-corrected chi connectivity index (χ4v) is 3.44. The Hall–Kier alpha value is -1.14. The molecule has 21 heavy (non-hydrogen) atoms. The standard InChI is InChI=1S/C15H26N2O4/c1-4-21-11-8-15(16,14(11,2)3)13(20)17-7-5-6-10(9-17)12(18)19/h10-11H,4-9,16H2,1-3H3,(H,18,19)/t10-,11?,15?/m0/s1. The fraction of sp³-hybridized carbons (Fsp3) is 0.867. The zero-order chi connectivity index (χ0) is 15.8. The molecule has 6 nitrogen and oxygen atoms in total. The van der Waals surface area contributed by atoms with Gasteiger partial charge in [-0.2, -0.15) is 0 Å². The summed E-state index contributed by atoms with van der Waals surface area (Å²) in [6.45, 7) is 7.29. The van der Waals surface area contributed by atoms with Crippen LogP contribution in [0.15, 0.2) is 0 Å². The van der Waals surface area contributed by atoms with E-state index in [1.54, 1.807) is 4.90 Å². The third-order valence-corrected chi connectivity index (χ3v) is 5.27. The van der Waals surface area contributed by atoms with E-state index in [9.17, 15) is 9.59 Å². The normalized spacial score (nSPS) is 35.1. The largest absolute Gasteiger partial charge is 0.481 e. The molecule has 1 aliphatic heterocycles. The fourth-order valence-electron chi connectivity index (χ4n) is 3.44. The summed E-state index contributed by atoms with van der Waals surface area (Å²) in [6, 6.07) is 0. The van der Waals surface area contributed by atoms with Crippen molar-refractivity contribution in [2.45, 2.75) is 51.7 Å². The van der Waals surface area contributed by atoms with Gasteiger partial charge in [0.25, 0.3) is 0 Å². The molecule has 1 amide bonds. The number of carbonyl (C=O) groups excluding carboxylic acids is 1. The second-order valence-electron chi connectivity index (χ2n) is 6.77. The van der Waals surface area contributed by atoms with Crippen molar-refractivity contribution < 1.29 is 19.4 Å². The zero-order valence-corrected chi connectivity index (χ0v) is 13.1. The first kappa shape index (κ1) is 16.2. The van der Waals surface area contributed by atoms with Crippen LogP contribution < -0.4 is 5.73 Å². The molecular weight excluding hydrogens is 272 g/mol. The number of hydrogen-bond acceptors (Lipinski definition) is 4. The summed E-state index contributed by atoms with van der Waals surface area (Å²) >= 11 is 0. The van der Waals surface area contributed by atoms with Crippen LogP contribution in [-0.4, -0.2) is 53.2 Å². The smallest absolute Gasteiger partial charge is 0.308 e. The lowest BCUT2D eigenvalue weighted by Crippen LogP contribution is -2.76. The average Bonchev–Trinajstić information content (AvgIpc) is 2.46. The van der Waals surface area contributed by atoms with Crippen LogP contribution in [-0.2, 0) is 14.3 Å². The monoisotopic (exact) mass is 298 g/mol. The third-order valence-electron chi connectivity index (χ3n) is 5.27. The summed E-state index contributed by atoms with van der Waals surface area (Å²) in [7, 11) is 0. The van der Waals surface area contributed by atoms with Gasteiger partial charge in [-0.05, 0) is 19.8 Å². The van der Waals surface area contributed by atoms with Crippen molar-refractivity contribution >= 4 is 11.9 Å². The predicted molar refractivity (Wildman–Crippen MR) is 77.7 cm³/mol. The van der Waals surface area contributed by atoms with Crippen LogP contribution >= 0.6 is 0 Å². The van der Waals surface area contributed by atoms with Gasteiger partial charge in [0.15, 0.2) is 0 Å². The van der Waals surface area contributed by atoms with Crippen molar-refractivity contribution in [3.8, 4) is 0 Å². The Morgan fingerprint density at radius 3 is 2.62 bits per heavy atom. The minimum absolute atomic E-state index is 0.0171. The number of carboxylic acid groups (broad SMARTS) is 1. The van der Waals surface area contributed by atoms with Crippen LogP contribution in [0.3, 0.4) is 0 Å². The second-order valence-corrected chi connectivity index (χ2v) is 6.77. The summed E-state index contributed by atoms with van der Waals surface area (Å²) < 4.78 is 5.64. The van der Waals surface area contributed by atoms with E-state index in [1.807, 2.05) is 20.8 Å². The summed E-state index contributed by atoms with van der Waals surface area (Å²) in [5, 5.41) is 9.14. The van der Waals surface area contributed by atoms with Crippen molar-refractivity contribution in [1.29, 1.82) is 0 Å². The third kappa shape index (κ3) is 2.55. The highest BCUT2D eigenvalue weighted by Crippen LogP contribution is 2.50. The number of carbonyl (C=O) groups is 2. The van der Waals surface area contributed by atoms with Crippen molar-refractivity contribution in [1.82, 2.24) is 4.90 Å². The van der Waals surface area contributed by atoms with Gasteiger partial charge in [0, 0.05) is 31.5 Å². The minimum Gasteiger partial charge on any atom is -0.481 e. The lowest BCUT2D eigenvalue weighted by Gasteiger charge is -2.59. The van der Waals surface area contributed by atoms with Crippen LogP contribution in [0.1, 0.15) is 40.0 Å². The predicted octanol–water partition coefficient (Wildman–Crippen LogP) is 0.842. The molecule has 3 N–H and O–H groups in total. The minimum atomic E-state index is -0.951. The first-order chi connectivity index (χ1) is 9.74. The molecule has 2 aliphatic rings. The summed E-state index contributed by atoms with van der Waals surface area (Å²) in [5.41, 5.74) is 4.99. The summed E-state index contributed by atoms with van der Waals surface area (Å²) in [5.74, 6) is -1.44. The molecule has 6 heteroatoms. The lowest BCUT2D eigenvalue weighted by atomic mass is 9.54. The number of nitrogens with two attached hydrogens (primary N) is 1. The Morgan fingerprint density at radius 2 is 2.10 bits per heavy atom. The molecule has 1 saturated carbocycles. The summed E-state index contributed by atoms with van der Waals surface area (Å²) in [6.07, 6.45) is 1.83. The van der Waals surface area contributed by atoms with E-state index in [0.29, 0.717) is 32.4 Å². The van der Waals surface area contributed by atoms with Gasteiger partial charge >= 0.3 is 5.97 Å².